The number of likely N-dealkylation sites (tertiary alicyclic amines) is 1. The summed E-state index contributed by atoms with van der Waals surface area (Å²) in [4.78, 5) is 13.7. The summed E-state index contributed by atoms with van der Waals surface area (Å²) < 4.78 is 6.34. The summed E-state index contributed by atoms with van der Waals surface area (Å²) in [5, 5.41) is 0.309. The van der Waals surface area contributed by atoms with Crippen molar-refractivity contribution in [1.29, 1.82) is 0 Å². The summed E-state index contributed by atoms with van der Waals surface area (Å²) in [6, 6.07) is 2.40. The number of thiophene rings is 1. The van der Waals surface area contributed by atoms with Gasteiger partial charge < -0.3 is 4.74 Å². The second-order valence-corrected chi connectivity index (χ2v) is 8.19. The van der Waals surface area contributed by atoms with Gasteiger partial charge in [-0.2, -0.15) is 0 Å². The van der Waals surface area contributed by atoms with Gasteiger partial charge in [0, 0.05) is 53.8 Å². The highest BCUT2D eigenvalue weighted by molar-refractivity contribution is 7.12. The van der Waals surface area contributed by atoms with Crippen LogP contribution in [0.25, 0.3) is 0 Å². The number of aryl methyl sites for hydroxylation is 1. The Morgan fingerprint density at radius 1 is 1.29 bits per heavy atom. The molecule has 2 aliphatic rings. The van der Waals surface area contributed by atoms with E-state index < -0.39 is 0 Å². The molecule has 0 aromatic carbocycles. The average molecular weight is 364 g/mol. The molecular formula is C18H22ClN3OS. The third-order valence-electron chi connectivity index (χ3n) is 5.15. The van der Waals surface area contributed by atoms with Crippen LogP contribution in [0.2, 0.25) is 5.28 Å². The number of nitrogens with zero attached hydrogens (tertiary/aromatic N) is 3. The third-order valence-corrected chi connectivity index (χ3v) is 6.68. The Kier molecular flexibility index (Phi) is 4.60. The largest absolute Gasteiger partial charge is 0.370 e. The highest BCUT2D eigenvalue weighted by Crippen LogP contribution is 2.44. The van der Waals surface area contributed by atoms with Crippen molar-refractivity contribution in [2.24, 2.45) is 0 Å². The van der Waals surface area contributed by atoms with E-state index in [9.17, 15) is 0 Å². The molecule has 4 heterocycles. The maximum absolute atomic E-state index is 6.34. The molecule has 128 valence electrons. The Morgan fingerprint density at radius 2 is 2.04 bits per heavy atom. The first-order valence-corrected chi connectivity index (χ1v) is 9.83. The van der Waals surface area contributed by atoms with Crippen LogP contribution in [-0.4, -0.2) is 34.6 Å². The molecule has 0 saturated carbocycles. The van der Waals surface area contributed by atoms with E-state index in [-0.39, 0.29) is 5.60 Å². The molecule has 0 unspecified atom stereocenters. The number of hydrogen-bond donors (Lipinski definition) is 0. The van der Waals surface area contributed by atoms with Crippen molar-refractivity contribution in [1.82, 2.24) is 14.9 Å². The van der Waals surface area contributed by atoms with Crippen LogP contribution in [0.5, 0.6) is 0 Å². The monoisotopic (exact) mass is 363 g/mol. The van der Waals surface area contributed by atoms with Gasteiger partial charge in [0.15, 0.2) is 0 Å². The molecule has 0 amide bonds. The van der Waals surface area contributed by atoms with Crippen molar-refractivity contribution >= 4 is 22.9 Å². The van der Waals surface area contributed by atoms with E-state index in [1.54, 1.807) is 4.88 Å². The second kappa shape index (κ2) is 6.71. The predicted molar refractivity (Wildman–Crippen MR) is 96.6 cm³/mol. The molecule has 2 aliphatic heterocycles. The number of ether oxygens (including phenoxy) is 1. The summed E-state index contributed by atoms with van der Waals surface area (Å²) in [5.74, 6) is 0. The van der Waals surface area contributed by atoms with E-state index in [4.69, 9.17) is 16.3 Å². The van der Waals surface area contributed by atoms with Gasteiger partial charge in [-0.1, -0.05) is 6.92 Å². The first-order chi connectivity index (χ1) is 11.7. The van der Waals surface area contributed by atoms with Crippen LogP contribution < -0.4 is 0 Å². The zero-order valence-corrected chi connectivity index (χ0v) is 15.5. The lowest BCUT2D eigenvalue weighted by Crippen LogP contribution is -2.45. The second-order valence-electron chi connectivity index (χ2n) is 6.63. The van der Waals surface area contributed by atoms with Crippen molar-refractivity contribution in [3.05, 3.63) is 44.6 Å². The lowest BCUT2D eigenvalue weighted by Gasteiger charge is -2.44. The summed E-state index contributed by atoms with van der Waals surface area (Å²) in [6.45, 7) is 6.06. The number of aromatic nitrogens is 2. The molecule has 4 nitrogen and oxygen atoms in total. The SMILES string of the molecule is CCc1cc2c(s1)CCOC21CCN(Cc2cnc(Cl)nc2)CC1. The van der Waals surface area contributed by atoms with Gasteiger partial charge in [-0.25, -0.2) is 9.97 Å². The van der Waals surface area contributed by atoms with Gasteiger partial charge in [0.05, 0.1) is 12.2 Å². The number of hydrogen-bond acceptors (Lipinski definition) is 5. The predicted octanol–water partition coefficient (Wildman–Crippen LogP) is 3.82. The Hall–Kier alpha value is -1.01. The van der Waals surface area contributed by atoms with Gasteiger partial charge >= 0.3 is 0 Å². The molecule has 0 N–H and O–H groups in total. The average Bonchev–Trinajstić information content (AvgIpc) is 3.04. The van der Waals surface area contributed by atoms with E-state index in [0.29, 0.717) is 5.28 Å². The molecule has 1 fully saturated rings. The third kappa shape index (κ3) is 3.10. The van der Waals surface area contributed by atoms with Gasteiger partial charge in [-0.05, 0) is 42.5 Å². The molecule has 0 bridgehead atoms. The Balaban J connectivity index is 1.46. The zero-order valence-electron chi connectivity index (χ0n) is 13.9. The standard InChI is InChI=1S/C18H22ClN3OS/c1-2-14-9-15-16(24-14)3-8-23-18(15)4-6-22(7-5-18)12-13-10-20-17(19)21-11-13/h9-11H,2-8,12H2,1H3. The topological polar surface area (TPSA) is 38.2 Å². The van der Waals surface area contributed by atoms with Gasteiger partial charge in [0.25, 0.3) is 0 Å². The van der Waals surface area contributed by atoms with Crippen LogP contribution >= 0.6 is 22.9 Å². The first-order valence-electron chi connectivity index (χ1n) is 8.63. The smallest absolute Gasteiger partial charge is 0.222 e. The van der Waals surface area contributed by atoms with Crippen LogP contribution in [0.4, 0.5) is 0 Å². The number of piperidine rings is 1. The van der Waals surface area contributed by atoms with Crippen LogP contribution in [-0.2, 0) is 29.7 Å². The maximum Gasteiger partial charge on any atom is 0.222 e. The van der Waals surface area contributed by atoms with Crippen LogP contribution in [0, 0.1) is 0 Å². The summed E-state index contributed by atoms with van der Waals surface area (Å²) in [5.41, 5.74) is 2.54. The highest BCUT2D eigenvalue weighted by Gasteiger charge is 2.41. The minimum Gasteiger partial charge on any atom is -0.370 e. The summed E-state index contributed by atoms with van der Waals surface area (Å²) in [7, 11) is 0. The fourth-order valence-electron chi connectivity index (χ4n) is 3.81. The fraction of sp³-hybridized carbons (Fsp3) is 0.556. The number of fused-ring (bicyclic) bond motifs is 2. The molecular weight excluding hydrogens is 342 g/mol. The van der Waals surface area contributed by atoms with E-state index in [1.165, 1.54) is 10.4 Å². The van der Waals surface area contributed by atoms with E-state index in [0.717, 1.165) is 57.5 Å². The van der Waals surface area contributed by atoms with Gasteiger partial charge in [-0.3, -0.25) is 4.90 Å². The maximum atomic E-state index is 6.34. The molecule has 0 atom stereocenters. The fourth-order valence-corrected chi connectivity index (χ4v) is 5.09. The van der Waals surface area contributed by atoms with Gasteiger partial charge in [0.1, 0.15) is 0 Å². The number of rotatable bonds is 3. The van der Waals surface area contributed by atoms with Gasteiger partial charge in [0.2, 0.25) is 5.28 Å². The first kappa shape index (κ1) is 16.5. The molecule has 6 heteroatoms. The molecule has 2 aromatic heterocycles. The quantitative estimate of drug-likeness (QED) is 0.777. The van der Waals surface area contributed by atoms with Gasteiger partial charge in [-0.15, -0.1) is 11.3 Å². The summed E-state index contributed by atoms with van der Waals surface area (Å²) in [6.07, 6.45) is 7.97. The van der Waals surface area contributed by atoms with Crippen molar-refractivity contribution in [3.8, 4) is 0 Å². The molecule has 1 saturated heterocycles. The molecule has 2 aromatic rings. The van der Waals surface area contributed by atoms with Crippen molar-refractivity contribution in [2.75, 3.05) is 19.7 Å². The number of halogens is 1. The molecule has 0 radical (unpaired) electrons. The summed E-state index contributed by atoms with van der Waals surface area (Å²) >= 11 is 7.75. The zero-order chi connectivity index (χ0) is 16.6. The lowest BCUT2D eigenvalue weighted by molar-refractivity contribution is -0.0981. The van der Waals surface area contributed by atoms with Crippen molar-refractivity contribution in [3.63, 3.8) is 0 Å². The van der Waals surface area contributed by atoms with E-state index in [1.807, 2.05) is 23.7 Å². The normalized spacial score (nSPS) is 20.2. The van der Waals surface area contributed by atoms with Crippen LogP contribution in [0.15, 0.2) is 18.5 Å². The minimum absolute atomic E-state index is 0.0511. The molecule has 24 heavy (non-hydrogen) atoms. The molecule has 1 spiro atoms. The Labute approximate surface area is 151 Å². The highest BCUT2D eigenvalue weighted by atomic mass is 35.5. The van der Waals surface area contributed by atoms with Crippen LogP contribution in [0.1, 0.15) is 40.6 Å². The van der Waals surface area contributed by atoms with Crippen molar-refractivity contribution in [2.45, 2.75) is 44.8 Å². The van der Waals surface area contributed by atoms with Crippen molar-refractivity contribution < 1.29 is 4.74 Å². The van der Waals surface area contributed by atoms with E-state index >= 15 is 0 Å². The lowest BCUT2D eigenvalue weighted by atomic mass is 9.82. The Morgan fingerprint density at radius 3 is 2.75 bits per heavy atom. The minimum atomic E-state index is -0.0511. The Bertz CT molecular complexity index is 708. The molecule has 4 rings (SSSR count). The van der Waals surface area contributed by atoms with Crippen LogP contribution in [0.3, 0.4) is 0 Å². The molecule has 0 aliphatic carbocycles. The van der Waals surface area contributed by atoms with E-state index in [2.05, 4.69) is 27.9 Å².